The van der Waals surface area contributed by atoms with Crippen molar-refractivity contribution in [2.24, 2.45) is 0 Å². The minimum absolute atomic E-state index is 0.122. The number of rotatable bonds is 9. The first kappa shape index (κ1) is 17.2. The maximum atomic E-state index is 12.6. The molecule has 8 heteroatoms. The molecule has 130 valence electrons. The Morgan fingerprint density at radius 2 is 2.21 bits per heavy atom. The van der Waals surface area contributed by atoms with Crippen molar-refractivity contribution in [3.63, 3.8) is 0 Å². The van der Waals surface area contributed by atoms with Crippen molar-refractivity contribution in [1.82, 2.24) is 24.8 Å². The van der Waals surface area contributed by atoms with Gasteiger partial charge in [0.25, 0.3) is 0 Å². The fraction of sp³-hybridized carbons (Fsp3) is 0.625. The number of nitrogens with zero attached hydrogens (tertiary/aromatic N) is 5. The zero-order valence-electron chi connectivity index (χ0n) is 14.4. The van der Waals surface area contributed by atoms with Crippen LogP contribution in [0.4, 0.5) is 0 Å². The molecule has 1 saturated carbocycles. The van der Waals surface area contributed by atoms with Crippen molar-refractivity contribution >= 4 is 17.5 Å². The maximum absolute atomic E-state index is 12.6. The molecule has 0 saturated heterocycles. The number of tetrazole rings is 1. The number of ether oxygens (including phenoxy) is 1. The van der Waals surface area contributed by atoms with Gasteiger partial charge in [0, 0.05) is 37.2 Å². The Bertz CT molecular complexity index is 720. The second kappa shape index (κ2) is 7.48. The Kier molecular flexibility index (Phi) is 5.35. The number of methoxy groups -OCH3 is 1. The van der Waals surface area contributed by atoms with E-state index >= 15 is 0 Å². The van der Waals surface area contributed by atoms with E-state index in [1.54, 1.807) is 7.11 Å². The second-order valence-electron chi connectivity index (χ2n) is 6.13. The third kappa shape index (κ3) is 3.70. The van der Waals surface area contributed by atoms with Crippen LogP contribution in [0.2, 0.25) is 0 Å². The van der Waals surface area contributed by atoms with Gasteiger partial charge < -0.3 is 9.30 Å². The molecular weight excluding hydrogens is 326 g/mol. The standard InChI is InChI=1S/C16H23N5O2S/c1-11-9-14(12(2)20(11)7-4-8-23-3)15(22)10-24-16-17-18-19-21(16)13-5-6-13/h9,13H,4-8,10H2,1-3H3. The molecule has 0 radical (unpaired) electrons. The number of ketones is 1. The normalized spacial score (nSPS) is 14.3. The molecular formula is C16H23N5O2S. The molecule has 0 amide bonds. The smallest absolute Gasteiger partial charge is 0.210 e. The molecule has 1 aliphatic rings. The third-order valence-corrected chi connectivity index (χ3v) is 5.23. The lowest BCUT2D eigenvalue weighted by Gasteiger charge is -2.09. The van der Waals surface area contributed by atoms with Gasteiger partial charge in [-0.3, -0.25) is 4.79 Å². The summed E-state index contributed by atoms with van der Waals surface area (Å²) in [4.78, 5) is 12.6. The first-order valence-electron chi connectivity index (χ1n) is 8.21. The molecule has 0 aliphatic heterocycles. The van der Waals surface area contributed by atoms with E-state index in [0.717, 1.165) is 54.5 Å². The van der Waals surface area contributed by atoms with Crippen LogP contribution < -0.4 is 0 Å². The van der Waals surface area contributed by atoms with Crippen LogP contribution in [0.3, 0.4) is 0 Å². The highest BCUT2D eigenvalue weighted by atomic mass is 32.2. The number of aromatic nitrogens is 5. The summed E-state index contributed by atoms with van der Waals surface area (Å²) >= 11 is 1.42. The molecule has 7 nitrogen and oxygen atoms in total. The van der Waals surface area contributed by atoms with Gasteiger partial charge in [-0.25, -0.2) is 4.68 Å². The van der Waals surface area contributed by atoms with Crippen molar-refractivity contribution < 1.29 is 9.53 Å². The predicted octanol–water partition coefficient (Wildman–Crippen LogP) is 2.44. The number of carbonyl (C=O) groups is 1. The number of aryl methyl sites for hydroxylation is 1. The summed E-state index contributed by atoms with van der Waals surface area (Å²) in [6, 6.07) is 2.40. The highest BCUT2D eigenvalue weighted by Gasteiger charge is 2.28. The summed E-state index contributed by atoms with van der Waals surface area (Å²) in [6.07, 6.45) is 3.18. The summed E-state index contributed by atoms with van der Waals surface area (Å²) in [5.41, 5.74) is 2.93. The van der Waals surface area contributed by atoms with E-state index in [1.165, 1.54) is 11.8 Å². The van der Waals surface area contributed by atoms with Crippen molar-refractivity contribution in [2.45, 2.75) is 50.9 Å². The number of hydrogen-bond acceptors (Lipinski definition) is 6. The Morgan fingerprint density at radius 3 is 2.92 bits per heavy atom. The number of carbonyl (C=O) groups excluding carboxylic acids is 1. The number of Topliss-reactive ketones (excluding diaryl/α,β-unsaturated/α-hetero) is 1. The monoisotopic (exact) mass is 349 g/mol. The fourth-order valence-corrected chi connectivity index (χ4v) is 3.66. The molecule has 0 N–H and O–H groups in total. The average Bonchev–Trinajstić information content (AvgIpc) is 3.24. The Balaban J connectivity index is 1.64. The van der Waals surface area contributed by atoms with Crippen LogP contribution >= 0.6 is 11.8 Å². The summed E-state index contributed by atoms with van der Waals surface area (Å²) in [6.45, 7) is 5.63. The highest BCUT2D eigenvalue weighted by molar-refractivity contribution is 7.99. The van der Waals surface area contributed by atoms with Gasteiger partial charge in [-0.05, 0) is 49.6 Å². The molecule has 2 aromatic heterocycles. The molecule has 0 spiro atoms. The van der Waals surface area contributed by atoms with E-state index in [9.17, 15) is 4.79 Å². The minimum atomic E-state index is 0.122. The zero-order chi connectivity index (χ0) is 17.1. The minimum Gasteiger partial charge on any atom is -0.385 e. The second-order valence-corrected chi connectivity index (χ2v) is 7.07. The summed E-state index contributed by atoms with van der Waals surface area (Å²) in [5.74, 6) is 0.478. The third-order valence-electron chi connectivity index (χ3n) is 4.29. The van der Waals surface area contributed by atoms with Gasteiger partial charge in [0.05, 0.1) is 11.8 Å². The average molecular weight is 349 g/mol. The topological polar surface area (TPSA) is 74.8 Å². The van der Waals surface area contributed by atoms with Crippen molar-refractivity contribution in [3.05, 3.63) is 23.0 Å². The van der Waals surface area contributed by atoms with E-state index in [0.29, 0.717) is 11.8 Å². The quantitative estimate of drug-likeness (QED) is 0.393. The van der Waals surface area contributed by atoms with Gasteiger partial charge in [-0.2, -0.15) is 0 Å². The van der Waals surface area contributed by atoms with E-state index in [-0.39, 0.29) is 5.78 Å². The molecule has 3 rings (SSSR count). The van der Waals surface area contributed by atoms with Crippen LogP contribution in [0.15, 0.2) is 11.2 Å². The summed E-state index contributed by atoms with van der Waals surface area (Å²) in [7, 11) is 1.71. The largest absolute Gasteiger partial charge is 0.385 e. The van der Waals surface area contributed by atoms with Gasteiger partial charge in [-0.15, -0.1) is 5.10 Å². The van der Waals surface area contributed by atoms with Gasteiger partial charge in [-0.1, -0.05) is 11.8 Å². The molecule has 0 bridgehead atoms. The van der Waals surface area contributed by atoms with Crippen LogP contribution in [-0.4, -0.2) is 50.0 Å². The Morgan fingerprint density at radius 1 is 1.42 bits per heavy atom. The fourth-order valence-electron chi connectivity index (χ4n) is 2.83. The van der Waals surface area contributed by atoms with Crippen molar-refractivity contribution in [3.8, 4) is 0 Å². The van der Waals surface area contributed by atoms with Crippen LogP contribution in [-0.2, 0) is 11.3 Å². The first-order valence-corrected chi connectivity index (χ1v) is 9.20. The molecule has 2 heterocycles. The van der Waals surface area contributed by atoms with E-state index in [1.807, 2.05) is 24.6 Å². The molecule has 24 heavy (non-hydrogen) atoms. The van der Waals surface area contributed by atoms with Gasteiger partial charge >= 0.3 is 0 Å². The lowest BCUT2D eigenvalue weighted by atomic mass is 10.2. The van der Waals surface area contributed by atoms with Crippen molar-refractivity contribution in [1.29, 1.82) is 0 Å². The van der Waals surface area contributed by atoms with Gasteiger partial charge in [0.2, 0.25) is 5.16 Å². The zero-order valence-corrected chi connectivity index (χ0v) is 15.2. The summed E-state index contributed by atoms with van der Waals surface area (Å²) in [5, 5.41) is 12.5. The highest BCUT2D eigenvalue weighted by Crippen LogP contribution is 2.36. The molecule has 0 atom stereocenters. The SMILES string of the molecule is COCCCn1c(C)cc(C(=O)CSc2nnnn2C2CC2)c1C. The molecule has 2 aromatic rings. The van der Waals surface area contributed by atoms with E-state index in [4.69, 9.17) is 4.74 Å². The number of thioether (sulfide) groups is 1. The number of hydrogen-bond donors (Lipinski definition) is 0. The molecule has 1 aliphatic carbocycles. The Labute approximate surface area is 145 Å². The summed E-state index contributed by atoms with van der Waals surface area (Å²) < 4.78 is 9.13. The van der Waals surface area contributed by atoms with E-state index < -0.39 is 0 Å². The van der Waals surface area contributed by atoms with Crippen LogP contribution in [0, 0.1) is 13.8 Å². The molecule has 0 unspecified atom stereocenters. The van der Waals surface area contributed by atoms with Crippen LogP contribution in [0.1, 0.15) is 47.1 Å². The Hall–Kier alpha value is -1.67. The molecule has 1 fully saturated rings. The first-order chi connectivity index (χ1) is 11.6. The van der Waals surface area contributed by atoms with Crippen molar-refractivity contribution in [2.75, 3.05) is 19.5 Å². The van der Waals surface area contributed by atoms with Crippen LogP contribution in [0.5, 0.6) is 0 Å². The van der Waals surface area contributed by atoms with Gasteiger partial charge in [0.15, 0.2) is 5.78 Å². The molecule has 0 aromatic carbocycles. The van der Waals surface area contributed by atoms with Crippen LogP contribution in [0.25, 0.3) is 0 Å². The predicted molar refractivity (Wildman–Crippen MR) is 91.5 cm³/mol. The van der Waals surface area contributed by atoms with E-state index in [2.05, 4.69) is 20.1 Å². The lowest BCUT2D eigenvalue weighted by molar-refractivity contribution is 0.102. The van der Waals surface area contributed by atoms with Gasteiger partial charge in [0.1, 0.15) is 0 Å². The lowest BCUT2D eigenvalue weighted by Crippen LogP contribution is -2.09. The maximum Gasteiger partial charge on any atom is 0.210 e.